The number of anilines is 1. The molecular formula is C16H23BrN4O+2. The van der Waals surface area contributed by atoms with Crippen LogP contribution in [0.15, 0.2) is 22.7 Å². The molecule has 1 aliphatic rings. The van der Waals surface area contributed by atoms with Crippen LogP contribution in [0.2, 0.25) is 0 Å². The Morgan fingerprint density at radius 2 is 2.00 bits per heavy atom. The molecule has 0 aliphatic carbocycles. The number of hydrogen-bond acceptors (Lipinski definition) is 2. The van der Waals surface area contributed by atoms with E-state index in [0.29, 0.717) is 13.0 Å². The number of halogens is 1. The fourth-order valence-corrected chi connectivity index (χ4v) is 3.06. The zero-order valence-electron chi connectivity index (χ0n) is 12.9. The topological polar surface area (TPSA) is 61.8 Å². The van der Waals surface area contributed by atoms with Crippen LogP contribution in [-0.4, -0.2) is 45.2 Å². The van der Waals surface area contributed by atoms with Gasteiger partial charge in [-0.25, -0.2) is 0 Å². The zero-order valence-corrected chi connectivity index (χ0v) is 14.5. The van der Waals surface area contributed by atoms with E-state index >= 15 is 0 Å². The molecule has 118 valence electrons. The molecule has 0 unspecified atom stereocenters. The van der Waals surface area contributed by atoms with Crippen molar-refractivity contribution in [3.63, 3.8) is 0 Å². The van der Waals surface area contributed by atoms with Gasteiger partial charge in [0.05, 0.1) is 13.0 Å². The lowest BCUT2D eigenvalue weighted by Crippen LogP contribution is -3.28. The van der Waals surface area contributed by atoms with Crippen molar-refractivity contribution in [1.82, 2.24) is 0 Å². The lowest BCUT2D eigenvalue weighted by molar-refractivity contribution is -1.01. The molecular weight excluding hydrogens is 344 g/mol. The summed E-state index contributed by atoms with van der Waals surface area (Å²) in [6.07, 6.45) is 0.536. The molecule has 1 heterocycles. The quantitative estimate of drug-likeness (QED) is 0.609. The fraction of sp³-hybridized carbons (Fsp3) is 0.500. The van der Waals surface area contributed by atoms with Crippen molar-refractivity contribution in [3.8, 4) is 6.07 Å². The summed E-state index contributed by atoms with van der Waals surface area (Å²) in [6.45, 7) is 7.60. The number of hydrogen-bond donors (Lipinski definition) is 3. The largest absolute Gasteiger partial charge is 0.326 e. The highest BCUT2D eigenvalue weighted by molar-refractivity contribution is 9.10. The number of carbonyl (C=O) groups excluding carboxylic acids is 1. The van der Waals surface area contributed by atoms with Crippen molar-refractivity contribution in [2.75, 3.05) is 44.6 Å². The van der Waals surface area contributed by atoms with E-state index in [2.05, 4.69) is 27.3 Å². The van der Waals surface area contributed by atoms with Crippen LogP contribution in [0.5, 0.6) is 0 Å². The van der Waals surface area contributed by atoms with Gasteiger partial charge >= 0.3 is 0 Å². The minimum atomic E-state index is 0.0649. The highest BCUT2D eigenvalue weighted by atomic mass is 79.9. The van der Waals surface area contributed by atoms with E-state index < -0.39 is 0 Å². The van der Waals surface area contributed by atoms with Gasteiger partial charge in [0.25, 0.3) is 0 Å². The molecule has 1 amide bonds. The van der Waals surface area contributed by atoms with Gasteiger partial charge in [0.1, 0.15) is 32.2 Å². The zero-order chi connectivity index (χ0) is 15.9. The Hall–Kier alpha value is -1.42. The summed E-state index contributed by atoms with van der Waals surface area (Å²) < 4.78 is 1.01. The van der Waals surface area contributed by atoms with Gasteiger partial charge in [-0.1, -0.05) is 22.0 Å². The van der Waals surface area contributed by atoms with Gasteiger partial charge in [0.15, 0.2) is 6.54 Å². The first-order valence-electron chi connectivity index (χ1n) is 7.68. The lowest BCUT2D eigenvalue weighted by Gasteiger charge is -2.28. The molecule has 2 rings (SSSR count). The Morgan fingerprint density at radius 1 is 1.32 bits per heavy atom. The molecule has 0 atom stereocenters. The van der Waals surface area contributed by atoms with Gasteiger partial charge < -0.3 is 15.1 Å². The number of carbonyl (C=O) groups is 1. The summed E-state index contributed by atoms with van der Waals surface area (Å²) >= 11 is 3.48. The number of piperazine rings is 1. The maximum atomic E-state index is 12.0. The Balaban J connectivity index is 1.72. The van der Waals surface area contributed by atoms with Crippen LogP contribution < -0.4 is 15.1 Å². The molecule has 6 heteroatoms. The maximum absolute atomic E-state index is 12.0. The standard InChI is InChI=1S/C16H21BrN4O/c1-13-2-3-14(12-15(13)17)19-16(22)4-6-20-8-10-21(7-5-18)11-9-20/h2-3,12H,4,6-11H2,1H3,(H,19,22)/p+2. The highest BCUT2D eigenvalue weighted by Gasteiger charge is 2.22. The van der Waals surface area contributed by atoms with Crippen LogP contribution in [-0.2, 0) is 4.79 Å². The number of aryl methyl sites for hydroxylation is 1. The van der Waals surface area contributed by atoms with Gasteiger partial charge in [0, 0.05) is 10.2 Å². The number of quaternary nitrogens is 2. The summed E-state index contributed by atoms with van der Waals surface area (Å²) in [5.74, 6) is 0.0649. The predicted molar refractivity (Wildman–Crippen MR) is 88.9 cm³/mol. The van der Waals surface area contributed by atoms with E-state index in [-0.39, 0.29) is 5.91 Å². The van der Waals surface area contributed by atoms with Crippen molar-refractivity contribution in [3.05, 3.63) is 28.2 Å². The lowest BCUT2D eigenvalue weighted by atomic mass is 10.2. The smallest absolute Gasteiger partial charge is 0.230 e. The molecule has 1 fully saturated rings. The highest BCUT2D eigenvalue weighted by Crippen LogP contribution is 2.20. The second kappa shape index (κ2) is 8.28. The number of benzene rings is 1. The van der Waals surface area contributed by atoms with E-state index in [1.807, 2.05) is 25.1 Å². The van der Waals surface area contributed by atoms with Gasteiger partial charge in [-0.05, 0) is 24.6 Å². The normalized spacial score (nSPS) is 21.1. The summed E-state index contributed by atoms with van der Waals surface area (Å²) in [5.41, 5.74) is 1.99. The van der Waals surface area contributed by atoms with Crippen LogP contribution in [0.25, 0.3) is 0 Å². The van der Waals surface area contributed by atoms with Gasteiger partial charge in [-0.15, -0.1) is 0 Å². The number of rotatable bonds is 5. The Labute approximate surface area is 140 Å². The Bertz CT molecular complexity index is 562. The van der Waals surface area contributed by atoms with Gasteiger partial charge in [-0.3, -0.25) is 4.79 Å². The second-order valence-electron chi connectivity index (χ2n) is 5.85. The first-order valence-corrected chi connectivity index (χ1v) is 8.48. The first kappa shape index (κ1) is 16.9. The van der Waals surface area contributed by atoms with Crippen molar-refractivity contribution in [2.24, 2.45) is 0 Å². The molecule has 1 aromatic rings. The number of nitrogens with zero attached hydrogens (tertiary/aromatic N) is 1. The summed E-state index contributed by atoms with van der Waals surface area (Å²) in [7, 11) is 0. The van der Waals surface area contributed by atoms with E-state index in [4.69, 9.17) is 5.26 Å². The van der Waals surface area contributed by atoms with E-state index in [1.165, 1.54) is 9.80 Å². The molecule has 1 saturated heterocycles. The molecule has 0 bridgehead atoms. The molecule has 1 aliphatic heterocycles. The summed E-state index contributed by atoms with van der Waals surface area (Å²) in [4.78, 5) is 14.9. The van der Waals surface area contributed by atoms with E-state index in [9.17, 15) is 4.79 Å². The third-order valence-corrected chi connectivity index (χ3v) is 5.01. The van der Waals surface area contributed by atoms with Crippen LogP contribution in [0.3, 0.4) is 0 Å². The van der Waals surface area contributed by atoms with Crippen molar-refractivity contribution in [1.29, 1.82) is 5.26 Å². The Morgan fingerprint density at radius 3 is 2.64 bits per heavy atom. The Kier molecular flexibility index (Phi) is 6.37. The van der Waals surface area contributed by atoms with Crippen molar-refractivity contribution >= 4 is 27.5 Å². The second-order valence-corrected chi connectivity index (χ2v) is 6.70. The number of nitriles is 1. The molecule has 0 spiro atoms. The first-order chi connectivity index (χ1) is 10.6. The average molecular weight is 367 g/mol. The molecule has 0 radical (unpaired) electrons. The molecule has 0 aromatic heterocycles. The average Bonchev–Trinajstić information content (AvgIpc) is 2.51. The van der Waals surface area contributed by atoms with Gasteiger partial charge in [-0.2, -0.15) is 5.26 Å². The van der Waals surface area contributed by atoms with Crippen LogP contribution in [0, 0.1) is 18.3 Å². The molecule has 5 nitrogen and oxygen atoms in total. The van der Waals surface area contributed by atoms with Crippen LogP contribution in [0.4, 0.5) is 5.69 Å². The molecule has 1 aromatic carbocycles. The summed E-state index contributed by atoms with van der Waals surface area (Å²) in [6, 6.07) is 8.07. The minimum Gasteiger partial charge on any atom is -0.326 e. The minimum absolute atomic E-state index is 0.0649. The maximum Gasteiger partial charge on any atom is 0.230 e. The monoisotopic (exact) mass is 366 g/mol. The van der Waals surface area contributed by atoms with E-state index in [1.54, 1.807) is 0 Å². The SMILES string of the molecule is Cc1ccc(NC(=O)CC[NH+]2CC[NH+](CC#N)CC2)cc1Br. The third kappa shape index (κ3) is 5.09. The fourth-order valence-electron chi connectivity index (χ4n) is 2.68. The molecule has 22 heavy (non-hydrogen) atoms. The van der Waals surface area contributed by atoms with Crippen molar-refractivity contribution in [2.45, 2.75) is 13.3 Å². The number of amides is 1. The van der Waals surface area contributed by atoms with Crippen molar-refractivity contribution < 1.29 is 14.6 Å². The molecule has 0 saturated carbocycles. The third-order valence-electron chi connectivity index (χ3n) is 4.15. The summed E-state index contributed by atoms with van der Waals surface area (Å²) in [5, 5.41) is 11.7. The molecule has 3 N–H and O–H groups in total. The van der Waals surface area contributed by atoms with E-state index in [0.717, 1.165) is 48.4 Å². The predicted octanol–water partition coefficient (Wildman–Crippen LogP) is -0.607. The van der Waals surface area contributed by atoms with Crippen LogP contribution >= 0.6 is 15.9 Å². The number of nitrogens with one attached hydrogen (secondary N) is 3. The van der Waals surface area contributed by atoms with Gasteiger partial charge in [0.2, 0.25) is 5.91 Å². The van der Waals surface area contributed by atoms with Crippen LogP contribution in [0.1, 0.15) is 12.0 Å².